The number of nitrogens with zero attached hydrogens (tertiary/aromatic N) is 3. The number of benzene rings is 2. The third-order valence-electron chi connectivity index (χ3n) is 11.0. The minimum Gasteiger partial charge on any atom is -0.494 e. The van der Waals surface area contributed by atoms with Crippen molar-refractivity contribution in [3.05, 3.63) is 60.2 Å². The molecule has 3 aromatic rings. The van der Waals surface area contributed by atoms with Crippen LogP contribution in [0.2, 0.25) is 0 Å². The molecule has 0 atom stereocenters. The molecule has 7 heteroatoms. The van der Waals surface area contributed by atoms with E-state index in [1.54, 1.807) is 0 Å². The van der Waals surface area contributed by atoms with Gasteiger partial charge >= 0.3 is 0 Å². The first-order valence-corrected chi connectivity index (χ1v) is 16.1. The molecule has 0 unspecified atom stereocenters. The normalized spacial score (nSPS) is 30.8. The van der Waals surface area contributed by atoms with Gasteiger partial charge in [0, 0.05) is 29.5 Å². The van der Waals surface area contributed by atoms with Crippen LogP contribution < -0.4 is 9.64 Å². The smallest absolute Gasteiger partial charge is 0.232 e. The van der Waals surface area contributed by atoms with Gasteiger partial charge < -0.3 is 14.2 Å². The highest BCUT2D eigenvalue weighted by Crippen LogP contribution is 2.71. The average molecular weight is 586 g/mol. The van der Waals surface area contributed by atoms with Crippen LogP contribution in [0.1, 0.15) is 104 Å². The Morgan fingerprint density at radius 2 is 1.63 bits per heavy atom. The van der Waals surface area contributed by atoms with Gasteiger partial charge in [-0.15, -0.1) is 0 Å². The van der Waals surface area contributed by atoms with E-state index in [0.717, 1.165) is 72.8 Å². The van der Waals surface area contributed by atoms with Crippen molar-refractivity contribution in [2.75, 3.05) is 18.1 Å². The van der Waals surface area contributed by atoms with Gasteiger partial charge in [-0.3, -0.25) is 4.79 Å². The van der Waals surface area contributed by atoms with Crippen molar-refractivity contribution in [2.24, 2.45) is 10.8 Å². The maximum atomic E-state index is 14.4. The standard InChI is InChI=1S/C36H44FN3O3/c1-5-42-28-11-9-25(10-12-28)26-7-6-8-27(19-26)40(29(41)20-34-21-36(37,22-34)23-34)24-33-13-16-35(17-14-33,18-15-33)31-38-30(39-43-31)32(2,3)4/h6-12,19H,5,13-18,20-24H2,1-4H3. The lowest BCUT2D eigenvalue weighted by Gasteiger charge is -2.66. The Balaban J connectivity index is 1.13. The predicted octanol–water partition coefficient (Wildman–Crippen LogP) is 8.34. The van der Waals surface area contributed by atoms with Crippen LogP contribution in [0.3, 0.4) is 0 Å². The summed E-state index contributed by atoms with van der Waals surface area (Å²) in [7, 11) is 0. The number of carbonyl (C=O) groups is 1. The molecular weight excluding hydrogens is 541 g/mol. The Hall–Kier alpha value is -3.22. The number of rotatable bonds is 9. The molecule has 0 radical (unpaired) electrons. The molecule has 0 saturated heterocycles. The molecule has 6 saturated carbocycles. The van der Waals surface area contributed by atoms with E-state index in [4.69, 9.17) is 14.2 Å². The second kappa shape index (κ2) is 9.90. The van der Waals surface area contributed by atoms with Crippen LogP contribution in [0, 0.1) is 10.8 Å². The van der Waals surface area contributed by atoms with Crippen LogP contribution in [-0.4, -0.2) is 34.9 Å². The largest absolute Gasteiger partial charge is 0.494 e. The fourth-order valence-electron chi connectivity index (χ4n) is 8.45. The monoisotopic (exact) mass is 585 g/mol. The van der Waals surface area contributed by atoms with Crippen molar-refractivity contribution in [2.45, 2.75) is 108 Å². The minimum atomic E-state index is -1.00. The van der Waals surface area contributed by atoms with Crippen molar-refractivity contribution in [1.82, 2.24) is 10.1 Å². The number of hydrogen-bond donors (Lipinski definition) is 0. The Morgan fingerprint density at radius 1 is 0.953 bits per heavy atom. The zero-order valence-electron chi connectivity index (χ0n) is 26.0. The summed E-state index contributed by atoms with van der Waals surface area (Å²) in [4.78, 5) is 21.0. The summed E-state index contributed by atoms with van der Waals surface area (Å²) < 4.78 is 25.9. The molecule has 1 amide bonds. The van der Waals surface area contributed by atoms with Gasteiger partial charge in [0.15, 0.2) is 5.82 Å². The van der Waals surface area contributed by atoms with E-state index < -0.39 is 5.67 Å². The quantitative estimate of drug-likeness (QED) is 0.252. The Morgan fingerprint density at radius 3 is 2.21 bits per heavy atom. The van der Waals surface area contributed by atoms with E-state index in [9.17, 15) is 9.18 Å². The second-order valence-corrected chi connectivity index (χ2v) is 15.3. The molecule has 9 rings (SSSR count). The van der Waals surface area contributed by atoms with Gasteiger partial charge in [-0.25, -0.2) is 4.39 Å². The molecule has 6 fully saturated rings. The van der Waals surface area contributed by atoms with Crippen molar-refractivity contribution < 1.29 is 18.4 Å². The SMILES string of the molecule is CCOc1ccc(-c2cccc(N(CC34CCC(c5nc(C(C)(C)C)no5)(CC3)CC4)C(=O)CC34CC(F)(C3)C4)c2)cc1. The molecule has 0 spiro atoms. The highest BCUT2D eigenvalue weighted by molar-refractivity contribution is 5.95. The van der Waals surface area contributed by atoms with Gasteiger partial charge in [-0.2, -0.15) is 4.98 Å². The van der Waals surface area contributed by atoms with E-state index in [1.165, 1.54) is 0 Å². The third-order valence-corrected chi connectivity index (χ3v) is 11.0. The molecule has 6 aliphatic carbocycles. The average Bonchev–Trinajstić information content (AvgIpc) is 3.49. The summed E-state index contributed by atoms with van der Waals surface area (Å²) in [6.45, 7) is 9.65. The van der Waals surface area contributed by atoms with Crippen molar-refractivity contribution in [3.8, 4) is 16.9 Å². The van der Waals surface area contributed by atoms with E-state index in [1.807, 2.05) is 30.0 Å². The van der Waals surface area contributed by atoms with E-state index >= 15 is 0 Å². The molecule has 1 heterocycles. The van der Waals surface area contributed by atoms with Crippen LogP contribution in [0.25, 0.3) is 11.1 Å². The number of amides is 1. The number of alkyl halides is 1. The molecule has 0 aliphatic heterocycles. The summed E-state index contributed by atoms with van der Waals surface area (Å²) >= 11 is 0. The molecule has 0 N–H and O–H groups in total. The zero-order chi connectivity index (χ0) is 30.1. The topological polar surface area (TPSA) is 68.5 Å². The second-order valence-electron chi connectivity index (χ2n) is 15.3. The molecule has 2 aromatic carbocycles. The first kappa shape index (κ1) is 28.5. The zero-order valence-corrected chi connectivity index (χ0v) is 26.0. The molecule has 43 heavy (non-hydrogen) atoms. The van der Waals surface area contributed by atoms with Gasteiger partial charge in [0.05, 0.1) is 6.61 Å². The summed E-state index contributed by atoms with van der Waals surface area (Å²) in [6.07, 6.45) is 8.15. The molecule has 6 aliphatic rings. The van der Waals surface area contributed by atoms with Gasteiger partial charge in [0.25, 0.3) is 0 Å². The van der Waals surface area contributed by atoms with Gasteiger partial charge in [-0.05, 0) is 111 Å². The van der Waals surface area contributed by atoms with Crippen LogP contribution in [0.15, 0.2) is 53.1 Å². The molecular formula is C36H44FN3O3. The third kappa shape index (κ3) is 5.06. The summed E-state index contributed by atoms with van der Waals surface area (Å²) in [6, 6.07) is 16.5. The number of halogens is 1. The number of anilines is 1. The van der Waals surface area contributed by atoms with Crippen LogP contribution in [-0.2, 0) is 15.6 Å². The first-order valence-electron chi connectivity index (χ1n) is 16.1. The van der Waals surface area contributed by atoms with Crippen LogP contribution >= 0.6 is 0 Å². The summed E-state index contributed by atoms with van der Waals surface area (Å²) in [5.41, 5.74) is 1.81. The van der Waals surface area contributed by atoms with Gasteiger partial charge in [0.2, 0.25) is 11.8 Å². The van der Waals surface area contributed by atoms with Crippen LogP contribution in [0.4, 0.5) is 10.1 Å². The number of carbonyl (C=O) groups excluding carboxylic acids is 1. The summed E-state index contributed by atoms with van der Waals surface area (Å²) in [5.74, 6) is 2.55. The Bertz CT molecular complexity index is 1480. The maximum Gasteiger partial charge on any atom is 0.232 e. The lowest BCUT2D eigenvalue weighted by molar-refractivity contribution is -0.215. The van der Waals surface area contributed by atoms with E-state index in [0.29, 0.717) is 38.8 Å². The first-order chi connectivity index (χ1) is 20.4. The fourth-order valence-corrected chi connectivity index (χ4v) is 8.45. The van der Waals surface area contributed by atoms with Crippen molar-refractivity contribution in [1.29, 1.82) is 0 Å². The highest BCUT2D eigenvalue weighted by Gasteiger charge is 2.69. The highest BCUT2D eigenvalue weighted by atomic mass is 19.1. The number of fused-ring (bicyclic) bond motifs is 3. The summed E-state index contributed by atoms with van der Waals surface area (Å²) in [5, 5.41) is 4.33. The van der Waals surface area contributed by atoms with Crippen molar-refractivity contribution >= 4 is 11.6 Å². The fraction of sp³-hybridized carbons (Fsp3) is 0.583. The Labute approximate surface area is 254 Å². The maximum absolute atomic E-state index is 14.4. The molecule has 4 bridgehead atoms. The molecule has 6 nitrogen and oxygen atoms in total. The molecule has 228 valence electrons. The van der Waals surface area contributed by atoms with E-state index in [-0.39, 0.29) is 27.6 Å². The lowest BCUT2D eigenvalue weighted by atomic mass is 9.41. The lowest BCUT2D eigenvalue weighted by Crippen LogP contribution is -2.65. The Kier molecular flexibility index (Phi) is 6.57. The number of ether oxygens (including phenoxy) is 1. The minimum absolute atomic E-state index is 0.0536. The van der Waals surface area contributed by atoms with Gasteiger partial charge in [-0.1, -0.05) is 50.2 Å². The predicted molar refractivity (Wildman–Crippen MR) is 165 cm³/mol. The molecule has 1 aromatic heterocycles. The number of aromatic nitrogens is 2. The van der Waals surface area contributed by atoms with Gasteiger partial charge in [0.1, 0.15) is 11.4 Å². The van der Waals surface area contributed by atoms with E-state index in [2.05, 4.69) is 56.3 Å². The van der Waals surface area contributed by atoms with Crippen molar-refractivity contribution in [3.63, 3.8) is 0 Å². The number of hydrogen-bond acceptors (Lipinski definition) is 5. The van der Waals surface area contributed by atoms with Crippen LogP contribution in [0.5, 0.6) is 5.75 Å².